The Hall–Kier alpha value is -2.70. The van der Waals surface area contributed by atoms with E-state index in [4.69, 9.17) is 4.74 Å². The Morgan fingerprint density at radius 3 is 2.56 bits per heavy atom. The minimum atomic E-state index is -0.951. The first-order valence-electron chi connectivity index (χ1n) is 9.48. The highest BCUT2D eigenvalue weighted by Gasteiger charge is 2.44. The number of piperidine rings is 1. The molecule has 7 nitrogen and oxygen atoms in total. The van der Waals surface area contributed by atoms with Gasteiger partial charge in [-0.1, -0.05) is 26.7 Å². The zero-order chi connectivity index (χ0) is 19.6. The normalized spacial score (nSPS) is 20.5. The van der Waals surface area contributed by atoms with Gasteiger partial charge in [0.1, 0.15) is 11.8 Å². The van der Waals surface area contributed by atoms with E-state index in [0.717, 1.165) is 30.6 Å². The first-order chi connectivity index (χ1) is 13.0. The molecule has 0 aliphatic carbocycles. The third kappa shape index (κ3) is 3.72. The van der Waals surface area contributed by atoms with Crippen LogP contribution in [-0.2, 0) is 9.59 Å². The molecule has 2 unspecified atom stereocenters. The van der Waals surface area contributed by atoms with Crippen LogP contribution in [0.15, 0.2) is 18.2 Å². The molecule has 0 saturated carbocycles. The number of nitrogens with one attached hydrogen (secondary N) is 1. The van der Waals surface area contributed by atoms with Gasteiger partial charge < -0.3 is 4.74 Å². The Bertz CT molecular complexity index is 789. The molecule has 0 bridgehead atoms. The maximum absolute atomic E-state index is 12.8. The molecule has 4 amide bonds. The Balaban J connectivity index is 1.80. The van der Waals surface area contributed by atoms with Crippen LogP contribution in [0.5, 0.6) is 5.75 Å². The lowest BCUT2D eigenvalue weighted by molar-refractivity contribution is -0.136. The largest absolute Gasteiger partial charge is 0.490 e. The Morgan fingerprint density at radius 2 is 1.89 bits per heavy atom. The van der Waals surface area contributed by atoms with Crippen LogP contribution in [0.4, 0.5) is 0 Å². The third-order valence-corrected chi connectivity index (χ3v) is 5.05. The van der Waals surface area contributed by atoms with Crippen molar-refractivity contribution in [1.29, 1.82) is 0 Å². The number of hydrogen-bond acceptors (Lipinski definition) is 5. The molecule has 7 heteroatoms. The molecule has 0 radical (unpaired) electrons. The topological polar surface area (TPSA) is 92.8 Å². The number of hydrogen-bond donors (Lipinski definition) is 1. The second-order valence-electron chi connectivity index (χ2n) is 6.94. The summed E-state index contributed by atoms with van der Waals surface area (Å²) >= 11 is 0. The predicted octanol–water partition coefficient (Wildman–Crippen LogP) is 2.44. The van der Waals surface area contributed by atoms with Gasteiger partial charge in [-0.2, -0.15) is 0 Å². The number of carbonyl (C=O) groups is 4. The zero-order valence-electron chi connectivity index (χ0n) is 15.6. The van der Waals surface area contributed by atoms with Crippen molar-refractivity contribution in [1.82, 2.24) is 10.2 Å². The summed E-state index contributed by atoms with van der Waals surface area (Å²) < 4.78 is 5.98. The number of rotatable bonds is 7. The standard InChI is InChI=1S/C20H24N2O5/c1-3-5-6-12(4-2)27-13-7-8-14-15(11-13)20(26)22(19(14)25)16-9-10-17(23)21-18(16)24/h7-8,11-12,16H,3-6,9-10H2,1-2H3,(H,21,23,24). The predicted molar refractivity (Wildman–Crippen MR) is 97.3 cm³/mol. The van der Waals surface area contributed by atoms with Crippen LogP contribution in [0.1, 0.15) is 73.1 Å². The van der Waals surface area contributed by atoms with E-state index in [0.29, 0.717) is 5.75 Å². The molecule has 0 spiro atoms. The number of fused-ring (bicyclic) bond motifs is 1. The molecular formula is C20H24N2O5. The van der Waals surface area contributed by atoms with Gasteiger partial charge in [0, 0.05) is 6.42 Å². The van der Waals surface area contributed by atoms with Crippen molar-refractivity contribution in [3.63, 3.8) is 0 Å². The van der Waals surface area contributed by atoms with Crippen LogP contribution in [0.25, 0.3) is 0 Å². The molecule has 2 heterocycles. The summed E-state index contributed by atoms with van der Waals surface area (Å²) in [6, 6.07) is 3.89. The number of benzene rings is 1. The van der Waals surface area contributed by atoms with Crippen molar-refractivity contribution in [2.45, 2.75) is 64.5 Å². The summed E-state index contributed by atoms with van der Waals surface area (Å²) in [6.07, 6.45) is 4.23. The van der Waals surface area contributed by atoms with Crippen LogP contribution >= 0.6 is 0 Å². The Morgan fingerprint density at radius 1 is 1.15 bits per heavy atom. The summed E-state index contributed by atoms with van der Waals surface area (Å²) in [4.78, 5) is 49.8. The molecular weight excluding hydrogens is 348 g/mol. The highest BCUT2D eigenvalue weighted by molar-refractivity contribution is 6.23. The lowest BCUT2D eigenvalue weighted by Crippen LogP contribution is -2.54. The maximum atomic E-state index is 12.8. The van der Waals surface area contributed by atoms with E-state index in [1.165, 1.54) is 0 Å². The average Bonchev–Trinajstić information content (AvgIpc) is 2.89. The summed E-state index contributed by atoms with van der Waals surface area (Å²) in [6.45, 7) is 4.17. The monoisotopic (exact) mass is 372 g/mol. The van der Waals surface area contributed by atoms with Crippen LogP contribution in [0.3, 0.4) is 0 Å². The molecule has 1 saturated heterocycles. The second kappa shape index (κ2) is 7.90. The number of imide groups is 2. The number of amides is 4. The first kappa shape index (κ1) is 19.1. The van der Waals surface area contributed by atoms with Gasteiger partial charge in [-0.05, 0) is 37.5 Å². The fourth-order valence-corrected chi connectivity index (χ4v) is 3.49. The van der Waals surface area contributed by atoms with Crippen LogP contribution in [0.2, 0.25) is 0 Å². The van der Waals surface area contributed by atoms with E-state index in [1.54, 1.807) is 18.2 Å². The third-order valence-electron chi connectivity index (χ3n) is 5.05. The number of nitrogens with zero attached hydrogens (tertiary/aromatic N) is 1. The molecule has 144 valence electrons. The molecule has 2 aliphatic rings. The fourth-order valence-electron chi connectivity index (χ4n) is 3.49. The minimum Gasteiger partial charge on any atom is -0.490 e. The van der Waals surface area contributed by atoms with Crippen LogP contribution in [0, 0.1) is 0 Å². The molecule has 3 rings (SSSR count). The van der Waals surface area contributed by atoms with Gasteiger partial charge in [0.25, 0.3) is 11.8 Å². The SMILES string of the molecule is CCCCC(CC)Oc1ccc2c(c1)C(=O)N(C1CCC(=O)NC1=O)C2=O. The van der Waals surface area contributed by atoms with E-state index in [9.17, 15) is 19.2 Å². The summed E-state index contributed by atoms with van der Waals surface area (Å²) in [5.74, 6) is -1.47. The minimum absolute atomic E-state index is 0.0569. The quantitative estimate of drug-likeness (QED) is 0.742. The summed E-state index contributed by atoms with van der Waals surface area (Å²) in [5, 5.41) is 2.19. The van der Waals surface area contributed by atoms with Crippen molar-refractivity contribution in [3.05, 3.63) is 29.3 Å². The number of carbonyl (C=O) groups excluding carboxylic acids is 4. The highest BCUT2D eigenvalue weighted by Crippen LogP contribution is 2.31. The summed E-state index contributed by atoms with van der Waals surface area (Å²) in [5.41, 5.74) is 0.506. The first-order valence-corrected chi connectivity index (χ1v) is 9.48. The van der Waals surface area contributed by atoms with Crippen molar-refractivity contribution in [3.8, 4) is 5.75 Å². The molecule has 1 aromatic carbocycles. The van der Waals surface area contributed by atoms with E-state index in [2.05, 4.69) is 12.2 Å². The molecule has 27 heavy (non-hydrogen) atoms. The van der Waals surface area contributed by atoms with Gasteiger partial charge in [0.2, 0.25) is 11.8 Å². The average molecular weight is 372 g/mol. The van der Waals surface area contributed by atoms with Crippen molar-refractivity contribution in [2.24, 2.45) is 0 Å². The Kier molecular flexibility index (Phi) is 5.58. The maximum Gasteiger partial charge on any atom is 0.262 e. The van der Waals surface area contributed by atoms with E-state index in [1.807, 2.05) is 6.92 Å². The number of unbranched alkanes of at least 4 members (excludes halogenated alkanes) is 1. The fraction of sp³-hybridized carbons (Fsp3) is 0.500. The van der Waals surface area contributed by atoms with Gasteiger partial charge in [0.05, 0.1) is 17.2 Å². The van der Waals surface area contributed by atoms with Crippen molar-refractivity contribution < 1.29 is 23.9 Å². The van der Waals surface area contributed by atoms with E-state index in [-0.39, 0.29) is 36.0 Å². The van der Waals surface area contributed by atoms with E-state index >= 15 is 0 Å². The number of ether oxygens (including phenoxy) is 1. The molecule has 2 aliphatic heterocycles. The lowest BCUT2D eigenvalue weighted by atomic mass is 10.0. The molecule has 0 aromatic heterocycles. The smallest absolute Gasteiger partial charge is 0.262 e. The molecule has 1 fully saturated rings. The summed E-state index contributed by atoms with van der Waals surface area (Å²) in [7, 11) is 0. The zero-order valence-corrected chi connectivity index (χ0v) is 15.6. The van der Waals surface area contributed by atoms with Gasteiger partial charge in [-0.15, -0.1) is 0 Å². The van der Waals surface area contributed by atoms with Crippen molar-refractivity contribution in [2.75, 3.05) is 0 Å². The highest BCUT2D eigenvalue weighted by atomic mass is 16.5. The van der Waals surface area contributed by atoms with Crippen molar-refractivity contribution >= 4 is 23.6 Å². The lowest BCUT2D eigenvalue weighted by Gasteiger charge is -2.27. The van der Waals surface area contributed by atoms with Gasteiger partial charge in [0.15, 0.2) is 0 Å². The Labute approximate surface area is 158 Å². The molecule has 2 atom stereocenters. The van der Waals surface area contributed by atoms with Crippen LogP contribution < -0.4 is 10.1 Å². The molecule has 1 aromatic rings. The molecule has 1 N–H and O–H groups in total. The van der Waals surface area contributed by atoms with Gasteiger partial charge >= 0.3 is 0 Å². The van der Waals surface area contributed by atoms with E-state index < -0.39 is 23.8 Å². The van der Waals surface area contributed by atoms with Gasteiger partial charge in [-0.3, -0.25) is 29.4 Å². The van der Waals surface area contributed by atoms with Gasteiger partial charge in [-0.25, -0.2) is 0 Å². The second-order valence-corrected chi connectivity index (χ2v) is 6.94. The van der Waals surface area contributed by atoms with Crippen LogP contribution in [-0.4, -0.2) is 40.7 Å².